The van der Waals surface area contributed by atoms with Crippen LogP contribution in [-0.2, 0) is 16.2 Å². The lowest BCUT2D eigenvalue weighted by atomic mass is 10.1. The molecule has 3 N–H and O–H groups in total. The summed E-state index contributed by atoms with van der Waals surface area (Å²) >= 11 is 0. The van der Waals surface area contributed by atoms with Crippen LogP contribution in [0.3, 0.4) is 0 Å². The molecule has 1 heterocycles. The van der Waals surface area contributed by atoms with Crippen LogP contribution in [0.5, 0.6) is 5.75 Å². The van der Waals surface area contributed by atoms with Gasteiger partial charge in [-0.3, -0.25) is 9.52 Å². The first-order valence-corrected chi connectivity index (χ1v) is 9.36. The zero-order valence-corrected chi connectivity index (χ0v) is 14.6. The van der Waals surface area contributed by atoms with E-state index < -0.39 is 27.5 Å². The molecule has 0 bridgehead atoms. The van der Waals surface area contributed by atoms with Crippen molar-refractivity contribution in [3.63, 3.8) is 0 Å². The van der Waals surface area contributed by atoms with Gasteiger partial charge in [-0.25, -0.2) is 8.42 Å². The number of rotatable bonds is 3. The summed E-state index contributed by atoms with van der Waals surface area (Å²) in [5.41, 5.74) is -0.947. The highest BCUT2D eigenvalue weighted by Crippen LogP contribution is 2.39. The number of phenols is 1. The fourth-order valence-electron chi connectivity index (χ4n) is 3.13. The number of halogens is 3. The van der Waals surface area contributed by atoms with Gasteiger partial charge in [0.05, 0.1) is 10.5 Å². The van der Waals surface area contributed by atoms with Crippen molar-refractivity contribution < 1.29 is 31.5 Å². The number of anilines is 2. The van der Waals surface area contributed by atoms with Crippen molar-refractivity contribution in [1.29, 1.82) is 0 Å². The molecule has 6 nitrogen and oxygen atoms in total. The van der Waals surface area contributed by atoms with Gasteiger partial charge in [0, 0.05) is 27.7 Å². The van der Waals surface area contributed by atoms with Gasteiger partial charge in [0.1, 0.15) is 5.75 Å². The highest BCUT2D eigenvalue weighted by molar-refractivity contribution is 7.93. The van der Waals surface area contributed by atoms with Crippen molar-refractivity contribution in [1.82, 2.24) is 0 Å². The van der Waals surface area contributed by atoms with Gasteiger partial charge < -0.3 is 10.4 Å². The lowest BCUT2D eigenvalue weighted by Crippen LogP contribution is -2.14. The van der Waals surface area contributed by atoms with Crippen LogP contribution in [0.25, 0.3) is 10.8 Å². The van der Waals surface area contributed by atoms with Crippen molar-refractivity contribution in [3.05, 3.63) is 59.7 Å². The number of carbonyl (C=O) groups is 1. The Balaban J connectivity index is 1.81. The van der Waals surface area contributed by atoms with Crippen LogP contribution in [0.2, 0.25) is 0 Å². The average molecular weight is 408 g/mol. The molecule has 1 amide bonds. The molecule has 0 radical (unpaired) electrons. The second kappa shape index (κ2) is 5.86. The number of benzene rings is 3. The summed E-state index contributed by atoms with van der Waals surface area (Å²) in [5.74, 6) is -1.37. The maximum atomic E-state index is 12.9. The third kappa shape index (κ3) is 2.82. The van der Waals surface area contributed by atoms with Crippen molar-refractivity contribution in [2.45, 2.75) is 11.1 Å². The minimum absolute atomic E-state index is 0.189. The Morgan fingerprint density at radius 2 is 1.79 bits per heavy atom. The number of amides is 1. The number of nitrogens with one attached hydrogen (secondary N) is 2. The van der Waals surface area contributed by atoms with E-state index in [1.54, 1.807) is 6.07 Å². The summed E-state index contributed by atoms with van der Waals surface area (Å²) in [7, 11) is -4.28. The van der Waals surface area contributed by atoms with E-state index in [0.717, 1.165) is 12.1 Å². The van der Waals surface area contributed by atoms with E-state index in [4.69, 9.17) is 0 Å². The fourth-order valence-corrected chi connectivity index (χ4v) is 4.39. The number of phenolic OH excluding ortho intramolecular Hbond substituents is 1. The molecule has 0 spiro atoms. The van der Waals surface area contributed by atoms with Crippen molar-refractivity contribution in [3.8, 4) is 5.75 Å². The van der Waals surface area contributed by atoms with E-state index in [-0.39, 0.29) is 21.9 Å². The highest BCUT2D eigenvalue weighted by Gasteiger charge is 2.34. The smallest absolute Gasteiger partial charge is 0.420 e. The van der Waals surface area contributed by atoms with E-state index in [1.807, 2.05) is 0 Å². The Hall–Kier alpha value is -3.27. The first kappa shape index (κ1) is 18.1. The summed E-state index contributed by atoms with van der Waals surface area (Å²) in [6, 6.07) is 9.56. The van der Waals surface area contributed by atoms with Crippen LogP contribution >= 0.6 is 0 Å². The second-order valence-corrected chi connectivity index (χ2v) is 7.78. The van der Waals surface area contributed by atoms with Gasteiger partial charge in [-0.05, 0) is 36.4 Å². The van der Waals surface area contributed by atoms with Crippen molar-refractivity contribution in [2.75, 3.05) is 10.0 Å². The molecule has 4 rings (SSSR count). The lowest BCUT2D eigenvalue weighted by Gasteiger charge is -2.14. The molecular formula is C18H11F3N2O4S. The number of hydrogen-bond donors (Lipinski definition) is 3. The average Bonchev–Trinajstić information content (AvgIpc) is 2.93. The largest absolute Gasteiger partial charge is 0.507 e. The van der Waals surface area contributed by atoms with E-state index in [1.165, 1.54) is 24.3 Å². The molecule has 0 aliphatic carbocycles. The standard InChI is InChI=1S/C18H11F3N2O4S/c19-18(20,21)12-8-9(4-6-14(12)24)23-28(26,27)15-7-5-13-16-10(15)2-1-3-11(16)17(25)22-13/h1-8,23-24H,(H,22,25). The molecule has 0 unspecified atom stereocenters. The Morgan fingerprint density at radius 3 is 2.50 bits per heavy atom. The van der Waals surface area contributed by atoms with Gasteiger partial charge in [0.25, 0.3) is 15.9 Å². The van der Waals surface area contributed by atoms with Gasteiger partial charge in [-0.1, -0.05) is 12.1 Å². The predicted molar refractivity (Wildman–Crippen MR) is 95.8 cm³/mol. The van der Waals surface area contributed by atoms with E-state index >= 15 is 0 Å². The lowest BCUT2D eigenvalue weighted by molar-refractivity contribution is -0.138. The molecule has 0 atom stereocenters. The third-order valence-corrected chi connectivity index (χ3v) is 5.78. The molecule has 144 valence electrons. The molecule has 0 saturated carbocycles. The molecule has 3 aromatic rings. The number of hydrogen-bond acceptors (Lipinski definition) is 4. The molecule has 1 aliphatic heterocycles. The number of sulfonamides is 1. The topological polar surface area (TPSA) is 95.5 Å². The molecule has 0 fully saturated rings. The maximum absolute atomic E-state index is 12.9. The van der Waals surface area contributed by atoms with E-state index in [0.29, 0.717) is 22.7 Å². The molecule has 0 aromatic heterocycles. The van der Waals surface area contributed by atoms with Crippen LogP contribution in [-0.4, -0.2) is 19.4 Å². The minimum Gasteiger partial charge on any atom is -0.507 e. The molecule has 0 saturated heterocycles. The normalized spacial score (nSPS) is 13.6. The Kier molecular flexibility index (Phi) is 3.79. The Bertz CT molecular complexity index is 1250. The number of aromatic hydroxyl groups is 1. The van der Waals surface area contributed by atoms with Gasteiger partial charge in [-0.15, -0.1) is 0 Å². The predicted octanol–water partition coefficient (Wildman–Crippen LogP) is 3.93. The quantitative estimate of drug-likeness (QED) is 0.572. The van der Waals surface area contributed by atoms with Crippen molar-refractivity contribution >= 4 is 38.1 Å². The first-order chi connectivity index (χ1) is 13.1. The molecule has 1 aliphatic rings. The van der Waals surface area contributed by atoms with Gasteiger partial charge >= 0.3 is 6.18 Å². The van der Waals surface area contributed by atoms with E-state index in [2.05, 4.69) is 10.0 Å². The second-order valence-electron chi connectivity index (χ2n) is 6.13. The molecular weight excluding hydrogens is 397 g/mol. The van der Waals surface area contributed by atoms with Crippen LogP contribution in [0.1, 0.15) is 15.9 Å². The highest BCUT2D eigenvalue weighted by atomic mass is 32.2. The Labute approximate surface area is 156 Å². The zero-order chi connectivity index (χ0) is 20.3. The van der Waals surface area contributed by atoms with Gasteiger partial charge in [0.2, 0.25) is 0 Å². The van der Waals surface area contributed by atoms with E-state index in [9.17, 15) is 31.5 Å². The zero-order valence-electron chi connectivity index (χ0n) is 13.8. The van der Waals surface area contributed by atoms with Gasteiger partial charge in [-0.2, -0.15) is 13.2 Å². The molecule has 28 heavy (non-hydrogen) atoms. The number of alkyl halides is 3. The minimum atomic E-state index is -4.85. The van der Waals surface area contributed by atoms with Crippen molar-refractivity contribution in [2.24, 2.45) is 0 Å². The SMILES string of the molecule is O=C1Nc2ccc(S(=O)(=O)Nc3ccc(O)c(C(F)(F)F)c3)c3cccc1c23. The third-order valence-electron chi connectivity index (χ3n) is 4.34. The fraction of sp³-hybridized carbons (Fsp3) is 0.0556. The molecule has 10 heteroatoms. The Morgan fingerprint density at radius 1 is 1.04 bits per heavy atom. The monoisotopic (exact) mass is 408 g/mol. The van der Waals surface area contributed by atoms with Crippen LogP contribution in [0, 0.1) is 0 Å². The summed E-state index contributed by atoms with van der Waals surface area (Å²) in [6.07, 6.45) is -4.85. The summed E-state index contributed by atoms with van der Waals surface area (Å²) in [4.78, 5) is 11.8. The molecule has 3 aromatic carbocycles. The summed E-state index contributed by atoms with van der Waals surface area (Å²) in [6.45, 7) is 0. The van der Waals surface area contributed by atoms with Gasteiger partial charge in [0.15, 0.2) is 0 Å². The van der Waals surface area contributed by atoms with Crippen LogP contribution in [0.15, 0.2) is 53.4 Å². The van der Waals surface area contributed by atoms with Crippen LogP contribution in [0.4, 0.5) is 24.5 Å². The van der Waals surface area contributed by atoms with Crippen LogP contribution < -0.4 is 10.0 Å². The number of carbonyl (C=O) groups excluding carboxylic acids is 1. The summed E-state index contributed by atoms with van der Waals surface area (Å²) < 4.78 is 66.6. The maximum Gasteiger partial charge on any atom is 0.420 e. The first-order valence-electron chi connectivity index (χ1n) is 7.88. The summed E-state index contributed by atoms with van der Waals surface area (Å²) in [5, 5.41) is 12.7.